The van der Waals surface area contributed by atoms with Crippen LogP contribution in [0.15, 0.2) is 29.0 Å². The molecule has 0 spiro atoms. The predicted molar refractivity (Wildman–Crippen MR) is 87.6 cm³/mol. The smallest absolute Gasteiger partial charge is 0.256 e. The lowest BCUT2D eigenvalue weighted by Gasteiger charge is -2.09. The molecule has 5 nitrogen and oxygen atoms in total. The topological polar surface area (TPSA) is 78.9 Å². The number of amides is 1. The van der Waals surface area contributed by atoms with Gasteiger partial charge in [-0.3, -0.25) is 4.79 Å². The molecule has 1 aliphatic rings. The molecule has 1 amide bonds. The number of nitriles is 1. The normalized spacial score (nSPS) is 13.5. The van der Waals surface area contributed by atoms with Crippen molar-refractivity contribution < 1.29 is 9.21 Å². The molecule has 23 heavy (non-hydrogen) atoms. The van der Waals surface area contributed by atoms with Crippen LogP contribution in [0.2, 0.25) is 0 Å². The first-order chi connectivity index (χ1) is 11.3. The highest BCUT2D eigenvalue weighted by atomic mass is 32.1. The monoisotopic (exact) mass is 323 g/mol. The quantitative estimate of drug-likeness (QED) is 0.776. The number of aryl methyl sites for hydroxylation is 1. The van der Waals surface area contributed by atoms with Crippen LogP contribution in [-0.4, -0.2) is 10.9 Å². The van der Waals surface area contributed by atoms with Gasteiger partial charge in [0.15, 0.2) is 12.0 Å². The maximum atomic E-state index is 12.5. The molecule has 4 rings (SSSR count). The van der Waals surface area contributed by atoms with Gasteiger partial charge in [-0.15, -0.1) is 11.3 Å². The van der Waals surface area contributed by atoms with Gasteiger partial charge in [0.2, 0.25) is 0 Å². The molecule has 2 heterocycles. The molecule has 0 radical (unpaired) electrons. The van der Waals surface area contributed by atoms with Gasteiger partial charge in [0.25, 0.3) is 5.91 Å². The third kappa shape index (κ3) is 2.39. The van der Waals surface area contributed by atoms with Crippen LogP contribution >= 0.6 is 11.3 Å². The summed E-state index contributed by atoms with van der Waals surface area (Å²) in [7, 11) is 0. The summed E-state index contributed by atoms with van der Waals surface area (Å²) in [6, 6.07) is 7.36. The number of nitrogens with zero attached hydrogens (tertiary/aromatic N) is 2. The lowest BCUT2D eigenvalue weighted by atomic mass is 9.96. The number of carbonyl (C=O) groups is 1. The number of hydrogen-bond donors (Lipinski definition) is 1. The Hall–Kier alpha value is -2.65. The van der Waals surface area contributed by atoms with Gasteiger partial charge < -0.3 is 9.73 Å². The number of carbonyl (C=O) groups excluding carboxylic acids is 1. The van der Waals surface area contributed by atoms with E-state index in [9.17, 15) is 10.1 Å². The van der Waals surface area contributed by atoms with Gasteiger partial charge in [0.1, 0.15) is 16.6 Å². The van der Waals surface area contributed by atoms with Crippen LogP contribution in [0, 0.1) is 11.3 Å². The van der Waals surface area contributed by atoms with Gasteiger partial charge in [-0.05, 0) is 49.4 Å². The Kier molecular flexibility index (Phi) is 3.36. The van der Waals surface area contributed by atoms with Crippen molar-refractivity contribution in [1.29, 1.82) is 5.26 Å². The zero-order valence-corrected chi connectivity index (χ0v) is 13.1. The summed E-state index contributed by atoms with van der Waals surface area (Å²) in [5.41, 5.74) is 3.53. The highest BCUT2D eigenvalue weighted by molar-refractivity contribution is 7.16. The fourth-order valence-electron chi connectivity index (χ4n) is 2.95. The van der Waals surface area contributed by atoms with Crippen LogP contribution in [0.3, 0.4) is 0 Å². The summed E-state index contributed by atoms with van der Waals surface area (Å²) < 4.78 is 5.18. The molecule has 0 bridgehead atoms. The summed E-state index contributed by atoms with van der Waals surface area (Å²) in [5, 5.41) is 13.0. The van der Waals surface area contributed by atoms with Crippen molar-refractivity contribution in [1.82, 2.24) is 4.98 Å². The zero-order valence-electron chi connectivity index (χ0n) is 12.3. The molecular weight excluding hydrogens is 310 g/mol. The standard InChI is InChI=1S/C17H13N3O2S/c18-8-12-11-3-1-2-4-15(11)23-17(12)20-16(21)10-5-6-14-13(7-10)19-9-22-14/h5-7,9H,1-4H2,(H,20,21). The number of anilines is 1. The number of hydrogen-bond acceptors (Lipinski definition) is 5. The van der Waals surface area contributed by atoms with Crippen LogP contribution in [-0.2, 0) is 12.8 Å². The Morgan fingerprint density at radius 1 is 1.35 bits per heavy atom. The average Bonchev–Trinajstić information content (AvgIpc) is 3.17. The summed E-state index contributed by atoms with van der Waals surface area (Å²) in [5.74, 6) is -0.231. The minimum absolute atomic E-state index is 0.231. The molecule has 0 saturated heterocycles. The number of rotatable bonds is 2. The van der Waals surface area contributed by atoms with Crippen LogP contribution in [0.1, 0.15) is 39.2 Å². The maximum Gasteiger partial charge on any atom is 0.256 e. The molecule has 0 aliphatic heterocycles. The third-order valence-corrected chi connectivity index (χ3v) is 5.31. The summed E-state index contributed by atoms with van der Waals surface area (Å²) in [6.45, 7) is 0. The Balaban J connectivity index is 1.66. The van der Waals surface area contributed by atoms with Crippen molar-refractivity contribution in [3.05, 3.63) is 46.2 Å². The lowest BCUT2D eigenvalue weighted by molar-refractivity contribution is 0.102. The van der Waals surface area contributed by atoms with E-state index in [4.69, 9.17) is 4.42 Å². The molecular formula is C17H13N3O2S. The van der Waals surface area contributed by atoms with Crippen molar-refractivity contribution in [3.63, 3.8) is 0 Å². The Bertz CT molecular complexity index is 949. The second-order valence-corrected chi connectivity index (χ2v) is 6.62. The Morgan fingerprint density at radius 3 is 3.09 bits per heavy atom. The van der Waals surface area contributed by atoms with E-state index < -0.39 is 0 Å². The van der Waals surface area contributed by atoms with E-state index >= 15 is 0 Å². The molecule has 0 atom stereocenters. The fourth-order valence-corrected chi connectivity index (χ4v) is 4.18. The van der Waals surface area contributed by atoms with Crippen molar-refractivity contribution in [3.8, 4) is 6.07 Å². The van der Waals surface area contributed by atoms with Gasteiger partial charge >= 0.3 is 0 Å². The summed E-state index contributed by atoms with van der Waals surface area (Å²) in [6.07, 6.45) is 5.53. The van der Waals surface area contributed by atoms with E-state index in [0.29, 0.717) is 27.2 Å². The number of oxazole rings is 1. The minimum Gasteiger partial charge on any atom is -0.443 e. The maximum absolute atomic E-state index is 12.5. The van der Waals surface area contributed by atoms with E-state index in [-0.39, 0.29) is 5.91 Å². The SMILES string of the molecule is N#Cc1c(NC(=O)c2ccc3ocnc3c2)sc2c1CCCC2. The molecule has 0 unspecified atom stereocenters. The molecule has 1 aliphatic carbocycles. The predicted octanol–water partition coefficient (Wildman–Crippen LogP) is 3.89. The molecule has 3 aromatic rings. The largest absolute Gasteiger partial charge is 0.443 e. The molecule has 6 heteroatoms. The first kappa shape index (κ1) is 14.0. The van der Waals surface area contributed by atoms with Crippen molar-refractivity contribution >= 4 is 33.3 Å². The van der Waals surface area contributed by atoms with Gasteiger partial charge in [0, 0.05) is 10.4 Å². The molecule has 1 aromatic carbocycles. The fraction of sp³-hybridized carbons (Fsp3) is 0.235. The molecule has 0 fully saturated rings. The Labute approximate surface area is 136 Å². The van der Waals surface area contributed by atoms with E-state index in [2.05, 4.69) is 16.4 Å². The number of benzene rings is 1. The lowest BCUT2D eigenvalue weighted by Crippen LogP contribution is -2.11. The van der Waals surface area contributed by atoms with E-state index in [0.717, 1.165) is 31.2 Å². The highest BCUT2D eigenvalue weighted by Gasteiger charge is 2.22. The van der Waals surface area contributed by atoms with E-state index in [1.165, 1.54) is 22.6 Å². The van der Waals surface area contributed by atoms with Crippen molar-refractivity contribution in [2.75, 3.05) is 5.32 Å². The van der Waals surface area contributed by atoms with E-state index in [1.54, 1.807) is 18.2 Å². The molecule has 114 valence electrons. The van der Waals surface area contributed by atoms with Gasteiger partial charge in [-0.1, -0.05) is 0 Å². The van der Waals surface area contributed by atoms with E-state index in [1.807, 2.05) is 0 Å². The van der Waals surface area contributed by atoms with Gasteiger partial charge in [-0.2, -0.15) is 5.26 Å². The average molecular weight is 323 g/mol. The van der Waals surface area contributed by atoms with Crippen molar-refractivity contribution in [2.45, 2.75) is 25.7 Å². The zero-order chi connectivity index (χ0) is 15.8. The van der Waals surface area contributed by atoms with Crippen molar-refractivity contribution in [2.24, 2.45) is 0 Å². The number of thiophene rings is 1. The van der Waals surface area contributed by atoms with Crippen LogP contribution < -0.4 is 5.32 Å². The van der Waals surface area contributed by atoms with Crippen LogP contribution in [0.4, 0.5) is 5.00 Å². The Morgan fingerprint density at radius 2 is 2.22 bits per heavy atom. The molecule has 1 N–H and O–H groups in total. The highest BCUT2D eigenvalue weighted by Crippen LogP contribution is 2.37. The number of nitrogens with one attached hydrogen (secondary N) is 1. The minimum atomic E-state index is -0.231. The second kappa shape index (κ2) is 5.52. The number of fused-ring (bicyclic) bond motifs is 2. The first-order valence-electron chi connectivity index (χ1n) is 7.45. The molecule has 2 aromatic heterocycles. The molecule has 0 saturated carbocycles. The second-order valence-electron chi connectivity index (χ2n) is 5.52. The van der Waals surface area contributed by atoms with Gasteiger partial charge in [0.05, 0.1) is 5.56 Å². The first-order valence-corrected chi connectivity index (χ1v) is 8.27. The van der Waals surface area contributed by atoms with Crippen LogP contribution in [0.5, 0.6) is 0 Å². The van der Waals surface area contributed by atoms with Crippen LogP contribution in [0.25, 0.3) is 11.1 Å². The summed E-state index contributed by atoms with van der Waals surface area (Å²) in [4.78, 5) is 17.8. The third-order valence-electron chi connectivity index (χ3n) is 4.10. The summed E-state index contributed by atoms with van der Waals surface area (Å²) >= 11 is 1.53. The number of aromatic nitrogens is 1. The van der Waals surface area contributed by atoms with Gasteiger partial charge in [-0.25, -0.2) is 4.98 Å².